The number of benzene rings is 2. The van der Waals surface area contributed by atoms with Gasteiger partial charge < -0.3 is 4.90 Å². The molecule has 5 rings (SSSR count). The van der Waals surface area contributed by atoms with Crippen molar-refractivity contribution >= 4 is 5.91 Å². The van der Waals surface area contributed by atoms with Crippen molar-refractivity contribution in [2.45, 2.75) is 50.7 Å². The fourth-order valence-electron chi connectivity index (χ4n) is 4.96. The van der Waals surface area contributed by atoms with Gasteiger partial charge in [-0.2, -0.15) is 0 Å². The Bertz CT molecular complexity index is 887. The van der Waals surface area contributed by atoms with Gasteiger partial charge in [-0.1, -0.05) is 48.5 Å². The lowest BCUT2D eigenvalue weighted by atomic mass is 9.82. The van der Waals surface area contributed by atoms with Crippen LogP contribution in [0.2, 0.25) is 0 Å². The van der Waals surface area contributed by atoms with Gasteiger partial charge in [-0.15, -0.1) is 0 Å². The van der Waals surface area contributed by atoms with Crippen LogP contribution in [0.1, 0.15) is 37.7 Å². The first-order chi connectivity index (χ1) is 13.5. The van der Waals surface area contributed by atoms with E-state index in [9.17, 15) is 9.18 Å². The van der Waals surface area contributed by atoms with Gasteiger partial charge in [-0.3, -0.25) is 4.79 Å². The summed E-state index contributed by atoms with van der Waals surface area (Å²) >= 11 is 0. The Morgan fingerprint density at radius 2 is 1.82 bits per heavy atom. The van der Waals surface area contributed by atoms with E-state index in [1.165, 1.54) is 0 Å². The van der Waals surface area contributed by atoms with Crippen molar-refractivity contribution < 1.29 is 13.6 Å². The molecule has 3 fully saturated rings. The molecule has 1 spiro atoms. The number of amides is 1. The second kappa shape index (κ2) is 6.68. The second-order valence-corrected chi connectivity index (χ2v) is 8.94. The number of hydrogen-bond acceptors (Lipinski definition) is 1. The zero-order chi connectivity index (χ0) is 19.3. The van der Waals surface area contributed by atoms with E-state index in [1.807, 2.05) is 53.4 Å². The molecule has 1 atom stereocenters. The molecule has 0 radical (unpaired) electrons. The van der Waals surface area contributed by atoms with E-state index >= 15 is 4.39 Å². The van der Waals surface area contributed by atoms with Gasteiger partial charge in [0.2, 0.25) is 5.91 Å². The molecule has 0 bridgehead atoms. The molecule has 0 unspecified atom stereocenters. The summed E-state index contributed by atoms with van der Waals surface area (Å²) in [6.07, 6.45) is 3.65. The summed E-state index contributed by atoms with van der Waals surface area (Å²) in [5.74, 6) is -0.278. The van der Waals surface area contributed by atoms with E-state index in [0.29, 0.717) is 30.4 Å². The number of hydrogen-bond donors (Lipinski definition) is 0. The van der Waals surface area contributed by atoms with Crippen molar-refractivity contribution in [1.82, 2.24) is 4.90 Å². The Balaban J connectivity index is 1.39. The van der Waals surface area contributed by atoms with Gasteiger partial charge in [0.1, 0.15) is 12.0 Å². The molecule has 1 heterocycles. The van der Waals surface area contributed by atoms with E-state index in [4.69, 9.17) is 0 Å². The monoisotopic (exact) mass is 381 g/mol. The van der Waals surface area contributed by atoms with Crippen molar-refractivity contribution in [1.29, 1.82) is 0 Å². The van der Waals surface area contributed by atoms with Crippen LogP contribution in [-0.2, 0) is 11.2 Å². The summed E-state index contributed by atoms with van der Waals surface area (Å²) in [4.78, 5) is 14.9. The zero-order valence-electron chi connectivity index (χ0n) is 15.9. The molecule has 2 aromatic carbocycles. The number of rotatable bonds is 4. The van der Waals surface area contributed by atoms with E-state index < -0.39 is 6.17 Å². The highest BCUT2D eigenvalue weighted by molar-refractivity contribution is 5.80. The SMILES string of the molecule is O=C(C1CC(F)C1)N1CC2(CC2)C[C@@H]1Cc1cccc(-c2ccccc2)c1F. The van der Waals surface area contributed by atoms with Crippen molar-refractivity contribution in [3.8, 4) is 11.1 Å². The Kier molecular flexibility index (Phi) is 4.26. The Hall–Kier alpha value is -2.23. The topological polar surface area (TPSA) is 20.3 Å². The molecule has 1 saturated heterocycles. The average Bonchev–Trinajstić information content (AvgIpc) is 3.34. The fourth-order valence-corrected chi connectivity index (χ4v) is 4.96. The van der Waals surface area contributed by atoms with E-state index in [0.717, 1.165) is 31.4 Å². The first kappa shape index (κ1) is 17.8. The molecule has 1 amide bonds. The second-order valence-electron chi connectivity index (χ2n) is 8.94. The van der Waals surface area contributed by atoms with Gasteiger partial charge >= 0.3 is 0 Å². The summed E-state index contributed by atoms with van der Waals surface area (Å²) < 4.78 is 28.5. The molecular formula is C24H25F2NO. The van der Waals surface area contributed by atoms with Crippen LogP contribution in [0, 0.1) is 17.2 Å². The minimum atomic E-state index is -0.829. The highest BCUT2D eigenvalue weighted by atomic mass is 19.1. The normalized spacial score (nSPS) is 27.6. The van der Waals surface area contributed by atoms with Crippen molar-refractivity contribution in [2.24, 2.45) is 11.3 Å². The molecule has 2 saturated carbocycles. The van der Waals surface area contributed by atoms with Crippen LogP contribution in [0.5, 0.6) is 0 Å². The fraction of sp³-hybridized carbons (Fsp3) is 0.458. The van der Waals surface area contributed by atoms with E-state index in [-0.39, 0.29) is 29.1 Å². The summed E-state index contributed by atoms with van der Waals surface area (Å²) in [5, 5.41) is 0. The molecule has 1 aliphatic heterocycles. The maximum absolute atomic E-state index is 15.3. The highest BCUT2D eigenvalue weighted by Gasteiger charge is 2.54. The van der Waals surface area contributed by atoms with Gasteiger partial charge in [0.15, 0.2) is 0 Å². The van der Waals surface area contributed by atoms with Crippen LogP contribution in [0.4, 0.5) is 8.78 Å². The average molecular weight is 381 g/mol. The summed E-state index contributed by atoms with van der Waals surface area (Å²) in [6.45, 7) is 0.768. The molecule has 3 aliphatic rings. The predicted octanol–water partition coefficient (Wildman–Crippen LogP) is 5.16. The number of carbonyl (C=O) groups excluding carboxylic acids is 1. The van der Waals surface area contributed by atoms with Crippen LogP contribution in [0.25, 0.3) is 11.1 Å². The molecule has 28 heavy (non-hydrogen) atoms. The predicted molar refractivity (Wildman–Crippen MR) is 105 cm³/mol. The van der Waals surface area contributed by atoms with Gasteiger partial charge in [-0.25, -0.2) is 8.78 Å². The standard InChI is InChI=1S/C24H25F2NO/c25-19-11-18(12-19)23(28)27-15-24(9-10-24)14-20(27)13-17-7-4-8-21(22(17)26)16-5-2-1-3-6-16/h1-8,18-20H,9-15H2/t18?,19?,20-/m0/s1. The third kappa shape index (κ3) is 3.13. The van der Waals surface area contributed by atoms with Gasteiger partial charge in [0.25, 0.3) is 0 Å². The Morgan fingerprint density at radius 1 is 1.07 bits per heavy atom. The quantitative estimate of drug-likeness (QED) is 0.716. The summed E-state index contributed by atoms with van der Waals surface area (Å²) in [5.41, 5.74) is 2.38. The number of carbonyl (C=O) groups is 1. The zero-order valence-corrected chi connectivity index (χ0v) is 15.9. The van der Waals surface area contributed by atoms with Gasteiger partial charge in [-0.05, 0) is 55.1 Å². The van der Waals surface area contributed by atoms with Gasteiger partial charge in [0.05, 0.1) is 0 Å². The lowest BCUT2D eigenvalue weighted by molar-refractivity contribution is -0.141. The molecule has 2 aliphatic carbocycles. The van der Waals surface area contributed by atoms with Crippen molar-refractivity contribution in [3.05, 3.63) is 59.9 Å². The van der Waals surface area contributed by atoms with Crippen molar-refractivity contribution in [3.63, 3.8) is 0 Å². The van der Waals surface area contributed by atoms with Crippen molar-refractivity contribution in [2.75, 3.05) is 6.54 Å². The van der Waals surface area contributed by atoms with Crippen LogP contribution < -0.4 is 0 Å². The van der Waals surface area contributed by atoms with Gasteiger partial charge in [0, 0.05) is 24.1 Å². The molecule has 4 heteroatoms. The Labute approximate surface area is 164 Å². The number of likely N-dealkylation sites (tertiary alicyclic amines) is 1. The molecule has 0 aromatic heterocycles. The third-order valence-corrected chi connectivity index (χ3v) is 6.90. The van der Waals surface area contributed by atoms with E-state index in [2.05, 4.69) is 0 Å². The number of nitrogens with zero attached hydrogens (tertiary/aromatic N) is 1. The van der Waals surface area contributed by atoms with Crippen LogP contribution in [0.15, 0.2) is 48.5 Å². The smallest absolute Gasteiger partial charge is 0.226 e. The molecule has 146 valence electrons. The first-order valence-electron chi connectivity index (χ1n) is 10.3. The third-order valence-electron chi connectivity index (χ3n) is 6.90. The molecule has 0 N–H and O–H groups in total. The highest BCUT2D eigenvalue weighted by Crippen LogP contribution is 2.56. The largest absolute Gasteiger partial charge is 0.339 e. The van der Waals surface area contributed by atoms with Crippen LogP contribution in [-0.4, -0.2) is 29.6 Å². The minimum absolute atomic E-state index is 0.0224. The van der Waals surface area contributed by atoms with Crippen LogP contribution >= 0.6 is 0 Å². The summed E-state index contributed by atoms with van der Waals surface area (Å²) in [7, 11) is 0. The lowest BCUT2D eigenvalue weighted by Crippen LogP contribution is -2.45. The molecule has 2 aromatic rings. The number of alkyl halides is 1. The van der Waals surface area contributed by atoms with E-state index in [1.54, 1.807) is 0 Å². The lowest BCUT2D eigenvalue weighted by Gasteiger charge is -2.35. The Morgan fingerprint density at radius 3 is 2.50 bits per heavy atom. The molecular weight excluding hydrogens is 356 g/mol. The maximum atomic E-state index is 15.3. The summed E-state index contributed by atoms with van der Waals surface area (Å²) in [6, 6.07) is 15.1. The maximum Gasteiger partial charge on any atom is 0.226 e. The number of halogens is 2. The minimum Gasteiger partial charge on any atom is -0.339 e. The molecule has 2 nitrogen and oxygen atoms in total. The first-order valence-corrected chi connectivity index (χ1v) is 10.3. The van der Waals surface area contributed by atoms with Crippen LogP contribution in [0.3, 0.4) is 0 Å².